The van der Waals surface area contributed by atoms with E-state index in [0.717, 1.165) is 0 Å². The highest BCUT2D eigenvalue weighted by molar-refractivity contribution is 6.17. The Morgan fingerprint density at radius 1 is 0.815 bits per heavy atom. The lowest BCUT2D eigenvalue weighted by Gasteiger charge is -2.36. The highest BCUT2D eigenvalue weighted by Crippen LogP contribution is 2.57. The molecule has 0 aliphatic heterocycles. The number of hydrogen-bond acceptors (Lipinski definition) is 0. The Morgan fingerprint density at radius 3 is 2.56 bits per heavy atom. The number of fused-ring (bicyclic) bond motifs is 8. The van der Waals surface area contributed by atoms with Gasteiger partial charge in [-0.15, -0.1) is 0 Å². The minimum Gasteiger partial charge on any atom is -0.354 e. The van der Waals surface area contributed by atoms with Crippen molar-refractivity contribution < 1.29 is 0 Å². The van der Waals surface area contributed by atoms with Gasteiger partial charge in [0.05, 0.1) is 5.52 Å². The average molecular weight is 349 g/mol. The Balaban J connectivity index is 1.74. The van der Waals surface area contributed by atoms with E-state index in [2.05, 4.69) is 98.6 Å². The first kappa shape index (κ1) is 15.3. The van der Waals surface area contributed by atoms with Crippen molar-refractivity contribution in [3.05, 3.63) is 84.0 Å². The van der Waals surface area contributed by atoms with Crippen molar-refractivity contribution in [2.24, 2.45) is 5.92 Å². The molecule has 2 aliphatic rings. The lowest BCUT2D eigenvalue weighted by atomic mass is 9.67. The Bertz CT molecular complexity index is 1310. The van der Waals surface area contributed by atoms with E-state index in [1.54, 1.807) is 0 Å². The van der Waals surface area contributed by atoms with Crippen LogP contribution in [0.5, 0.6) is 0 Å². The fourth-order valence-electron chi connectivity index (χ4n) is 5.82. The molecule has 6 rings (SSSR count). The zero-order valence-electron chi connectivity index (χ0n) is 16.0. The second kappa shape index (κ2) is 4.72. The predicted octanol–water partition coefficient (Wildman–Crippen LogP) is 6.77. The SMILES string of the molecule is CC1(C)c2cc3c(cc2C2(C)C=CC=CC12)[nH]c1c2ccccc2ccc31. The fraction of sp³-hybridized carbons (Fsp3) is 0.231. The molecule has 2 atom stereocenters. The van der Waals surface area contributed by atoms with Crippen molar-refractivity contribution in [2.75, 3.05) is 0 Å². The number of allylic oxidation sites excluding steroid dienone is 4. The molecule has 27 heavy (non-hydrogen) atoms. The molecule has 3 aromatic carbocycles. The summed E-state index contributed by atoms with van der Waals surface area (Å²) in [6, 6.07) is 18.0. The van der Waals surface area contributed by atoms with E-state index in [9.17, 15) is 0 Å². The van der Waals surface area contributed by atoms with Crippen LogP contribution in [0.2, 0.25) is 0 Å². The molecular formula is C26H23N. The second-order valence-electron chi connectivity index (χ2n) is 9.00. The molecule has 1 heteroatoms. The lowest BCUT2D eigenvalue weighted by Crippen LogP contribution is -2.33. The van der Waals surface area contributed by atoms with Crippen molar-refractivity contribution in [3.63, 3.8) is 0 Å². The standard InChI is InChI=1S/C26H23N/c1-25(2)20-14-19-18-12-11-16-8-4-5-9-17(16)24(18)27-22(19)15-21(20)26(3)13-7-6-10-23(25)26/h4-15,23,27H,1-3H3. The van der Waals surface area contributed by atoms with Crippen LogP contribution in [-0.4, -0.2) is 4.98 Å². The normalized spacial score (nSPS) is 25.4. The molecule has 0 saturated heterocycles. The summed E-state index contributed by atoms with van der Waals surface area (Å²) in [5, 5.41) is 5.26. The Hall–Kier alpha value is -2.80. The van der Waals surface area contributed by atoms with Gasteiger partial charge in [-0.25, -0.2) is 0 Å². The van der Waals surface area contributed by atoms with Crippen LogP contribution >= 0.6 is 0 Å². The van der Waals surface area contributed by atoms with Gasteiger partial charge in [0.2, 0.25) is 0 Å². The van der Waals surface area contributed by atoms with Crippen molar-refractivity contribution >= 4 is 32.6 Å². The van der Waals surface area contributed by atoms with Gasteiger partial charge in [0, 0.05) is 27.1 Å². The molecule has 0 radical (unpaired) electrons. The highest BCUT2D eigenvalue weighted by atomic mass is 14.7. The molecule has 1 N–H and O–H groups in total. The Morgan fingerprint density at radius 2 is 1.67 bits per heavy atom. The minimum atomic E-state index is 0.0706. The van der Waals surface area contributed by atoms with Gasteiger partial charge < -0.3 is 4.98 Å². The van der Waals surface area contributed by atoms with Gasteiger partial charge in [0.15, 0.2) is 0 Å². The van der Waals surface area contributed by atoms with Crippen LogP contribution in [-0.2, 0) is 10.8 Å². The van der Waals surface area contributed by atoms with Crippen LogP contribution in [0.3, 0.4) is 0 Å². The average Bonchev–Trinajstić information content (AvgIpc) is 3.12. The minimum absolute atomic E-state index is 0.0706. The van der Waals surface area contributed by atoms with Gasteiger partial charge in [0.1, 0.15) is 0 Å². The van der Waals surface area contributed by atoms with E-state index in [4.69, 9.17) is 0 Å². The molecule has 0 saturated carbocycles. The number of aromatic nitrogens is 1. The van der Waals surface area contributed by atoms with E-state index in [0.29, 0.717) is 5.92 Å². The van der Waals surface area contributed by atoms with Crippen LogP contribution in [0.4, 0.5) is 0 Å². The molecule has 2 unspecified atom stereocenters. The molecule has 1 heterocycles. The number of aromatic amines is 1. The number of H-pyrrole nitrogens is 1. The van der Waals surface area contributed by atoms with Crippen molar-refractivity contribution in [1.29, 1.82) is 0 Å². The fourth-order valence-corrected chi connectivity index (χ4v) is 5.82. The predicted molar refractivity (Wildman–Crippen MR) is 115 cm³/mol. The molecule has 0 spiro atoms. The van der Waals surface area contributed by atoms with E-state index in [1.165, 1.54) is 43.7 Å². The number of nitrogens with one attached hydrogen (secondary N) is 1. The number of benzene rings is 3. The second-order valence-corrected chi connectivity index (χ2v) is 9.00. The maximum Gasteiger partial charge on any atom is 0.0544 e. The van der Waals surface area contributed by atoms with Gasteiger partial charge in [-0.05, 0) is 40.0 Å². The molecule has 1 nitrogen and oxygen atoms in total. The summed E-state index contributed by atoms with van der Waals surface area (Å²) in [5.74, 6) is 0.503. The summed E-state index contributed by atoms with van der Waals surface area (Å²) >= 11 is 0. The summed E-state index contributed by atoms with van der Waals surface area (Å²) in [7, 11) is 0. The zero-order valence-corrected chi connectivity index (χ0v) is 16.0. The van der Waals surface area contributed by atoms with Crippen molar-refractivity contribution in [2.45, 2.75) is 31.6 Å². The van der Waals surface area contributed by atoms with E-state index in [1.807, 2.05) is 0 Å². The Kier molecular flexibility index (Phi) is 2.67. The first-order valence-corrected chi connectivity index (χ1v) is 9.84. The third-order valence-corrected chi connectivity index (χ3v) is 7.19. The van der Waals surface area contributed by atoms with E-state index in [-0.39, 0.29) is 10.8 Å². The van der Waals surface area contributed by atoms with Gasteiger partial charge in [0.25, 0.3) is 0 Å². The molecule has 0 bridgehead atoms. The zero-order chi connectivity index (χ0) is 18.4. The van der Waals surface area contributed by atoms with E-state index < -0.39 is 0 Å². The summed E-state index contributed by atoms with van der Waals surface area (Å²) in [5.41, 5.74) is 5.67. The van der Waals surface area contributed by atoms with Gasteiger partial charge in [-0.2, -0.15) is 0 Å². The maximum absolute atomic E-state index is 3.75. The van der Waals surface area contributed by atoms with Gasteiger partial charge >= 0.3 is 0 Å². The Labute approximate surface area is 159 Å². The molecule has 4 aromatic rings. The van der Waals surface area contributed by atoms with Crippen LogP contribution < -0.4 is 0 Å². The van der Waals surface area contributed by atoms with Gasteiger partial charge in [-0.1, -0.05) is 81.5 Å². The van der Waals surface area contributed by atoms with Crippen molar-refractivity contribution in [3.8, 4) is 0 Å². The first-order valence-electron chi connectivity index (χ1n) is 9.84. The number of rotatable bonds is 0. The molecule has 132 valence electrons. The lowest BCUT2D eigenvalue weighted by molar-refractivity contribution is 0.324. The smallest absolute Gasteiger partial charge is 0.0544 e. The highest BCUT2D eigenvalue weighted by Gasteiger charge is 2.51. The summed E-state index contributed by atoms with van der Waals surface area (Å²) in [6.07, 6.45) is 9.23. The number of hydrogen-bond donors (Lipinski definition) is 1. The largest absolute Gasteiger partial charge is 0.354 e. The molecule has 2 aliphatic carbocycles. The quantitative estimate of drug-likeness (QED) is 0.361. The maximum atomic E-state index is 3.75. The van der Waals surface area contributed by atoms with Crippen LogP contribution in [0.15, 0.2) is 72.8 Å². The first-order chi connectivity index (χ1) is 13.0. The van der Waals surface area contributed by atoms with Crippen LogP contribution in [0, 0.1) is 5.92 Å². The summed E-state index contributed by atoms with van der Waals surface area (Å²) < 4.78 is 0. The van der Waals surface area contributed by atoms with Gasteiger partial charge in [-0.3, -0.25) is 0 Å². The third-order valence-electron chi connectivity index (χ3n) is 7.19. The van der Waals surface area contributed by atoms with E-state index >= 15 is 0 Å². The van der Waals surface area contributed by atoms with Crippen LogP contribution in [0.1, 0.15) is 31.9 Å². The van der Waals surface area contributed by atoms with Crippen molar-refractivity contribution in [1.82, 2.24) is 4.98 Å². The summed E-state index contributed by atoms with van der Waals surface area (Å²) in [6.45, 7) is 7.21. The topological polar surface area (TPSA) is 15.8 Å². The molecule has 1 aromatic heterocycles. The summed E-state index contributed by atoms with van der Waals surface area (Å²) in [4.78, 5) is 3.75. The third kappa shape index (κ3) is 1.75. The molecule has 0 fully saturated rings. The molecular weight excluding hydrogens is 326 g/mol. The molecule has 0 amide bonds. The van der Waals surface area contributed by atoms with Crippen LogP contribution in [0.25, 0.3) is 32.6 Å². The monoisotopic (exact) mass is 349 g/mol.